The van der Waals surface area contributed by atoms with Crippen LogP contribution in [0, 0.1) is 0 Å². The molecule has 0 bridgehead atoms. The van der Waals surface area contributed by atoms with Gasteiger partial charge in [0.05, 0.1) is 35.7 Å². The number of carbonyl (C=O) groups is 1. The zero-order valence-corrected chi connectivity index (χ0v) is 12.8. The third-order valence-corrected chi connectivity index (χ3v) is 3.25. The minimum atomic E-state index is -0.194. The molecule has 7 heteroatoms. The number of nitrogens with zero attached hydrogens (tertiary/aromatic N) is 2. The maximum absolute atomic E-state index is 12.0. The number of halogens is 1. The van der Waals surface area contributed by atoms with Crippen molar-refractivity contribution in [3.05, 3.63) is 47.2 Å². The van der Waals surface area contributed by atoms with Crippen LogP contribution in [0.2, 0.25) is 5.02 Å². The minimum absolute atomic E-state index is 0.00753. The molecule has 0 aliphatic carbocycles. The maximum atomic E-state index is 12.0. The number of aliphatic hydroxyl groups is 1. The van der Waals surface area contributed by atoms with Crippen LogP contribution < -0.4 is 5.32 Å². The second-order valence-electron chi connectivity index (χ2n) is 4.57. The zero-order valence-electron chi connectivity index (χ0n) is 12.0. The quantitative estimate of drug-likeness (QED) is 0.724. The van der Waals surface area contributed by atoms with Gasteiger partial charge in [-0.1, -0.05) is 23.7 Å². The summed E-state index contributed by atoms with van der Waals surface area (Å²) in [5.41, 5.74) is 1.19. The van der Waals surface area contributed by atoms with Gasteiger partial charge in [0, 0.05) is 19.3 Å². The van der Waals surface area contributed by atoms with Crippen LogP contribution in [-0.2, 0) is 4.74 Å². The van der Waals surface area contributed by atoms with E-state index in [-0.39, 0.29) is 12.5 Å². The molecular weight excluding hydrogens is 306 g/mol. The van der Waals surface area contributed by atoms with Crippen molar-refractivity contribution in [3.63, 3.8) is 0 Å². The van der Waals surface area contributed by atoms with Gasteiger partial charge in [0.1, 0.15) is 0 Å². The van der Waals surface area contributed by atoms with E-state index in [2.05, 4.69) is 10.4 Å². The molecule has 1 heterocycles. The highest BCUT2D eigenvalue weighted by Gasteiger charge is 2.10. The lowest BCUT2D eigenvalue weighted by atomic mass is 10.3. The average molecular weight is 324 g/mol. The summed E-state index contributed by atoms with van der Waals surface area (Å²) in [5.74, 6) is -0.194. The molecule has 0 spiro atoms. The van der Waals surface area contributed by atoms with Gasteiger partial charge < -0.3 is 15.2 Å². The van der Waals surface area contributed by atoms with Gasteiger partial charge in [0.15, 0.2) is 0 Å². The minimum Gasteiger partial charge on any atom is -0.394 e. The van der Waals surface area contributed by atoms with Crippen LogP contribution in [0.4, 0.5) is 0 Å². The lowest BCUT2D eigenvalue weighted by Gasteiger charge is -2.04. The largest absolute Gasteiger partial charge is 0.394 e. The predicted molar refractivity (Wildman–Crippen MR) is 83.4 cm³/mol. The van der Waals surface area contributed by atoms with E-state index in [9.17, 15) is 4.79 Å². The molecule has 0 fully saturated rings. The number of ether oxygens (including phenoxy) is 1. The van der Waals surface area contributed by atoms with Crippen molar-refractivity contribution in [1.29, 1.82) is 0 Å². The average Bonchev–Trinajstić information content (AvgIpc) is 3.01. The zero-order chi connectivity index (χ0) is 15.8. The van der Waals surface area contributed by atoms with Crippen LogP contribution in [0.25, 0.3) is 5.69 Å². The summed E-state index contributed by atoms with van der Waals surface area (Å²) in [6.07, 6.45) is 3.82. The summed E-state index contributed by atoms with van der Waals surface area (Å²) in [7, 11) is 0. The van der Waals surface area contributed by atoms with Crippen LogP contribution in [0.5, 0.6) is 0 Å². The molecule has 0 aliphatic heterocycles. The molecule has 1 aromatic heterocycles. The second kappa shape index (κ2) is 8.53. The summed E-state index contributed by atoms with van der Waals surface area (Å²) in [5, 5.41) is 16.1. The first kappa shape index (κ1) is 16.5. The van der Waals surface area contributed by atoms with Crippen LogP contribution in [0.3, 0.4) is 0 Å². The van der Waals surface area contributed by atoms with Crippen molar-refractivity contribution in [3.8, 4) is 5.69 Å². The number of hydrogen-bond donors (Lipinski definition) is 2. The first-order valence-corrected chi connectivity index (χ1v) is 7.36. The number of amides is 1. The van der Waals surface area contributed by atoms with Gasteiger partial charge in [-0.2, -0.15) is 5.10 Å². The molecule has 2 N–H and O–H groups in total. The molecule has 22 heavy (non-hydrogen) atoms. The van der Waals surface area contributed by atoms with E-state index in [1.54, 1.807) is 16.9 Å². The van der Waals surface area contributed by atoms with Crippen molar-refractivity contribution in [1.82, 2.24) is 15.1 Å². The Morgan fingerprint density at radius 2 is 2.18 bits per heavy atom. The first-order chi connectivity index (χ1) is 10.7. The summed E-state index contributed by atoms with van der Waals surface area (Å²) in [6, 6.07) is 7.29. The number of aliphatic hydroxyl groups excluding tert-OH is 1. The van der Waals surface area contributed by atoms with E-state index in [1.165, 1.54) is 6.20 Å². The van der Waals surface area contributed by atoms with Crippen LogP contribution >= 0.6 is 11.6 Å². The molecule has 118 valence electrons. The third kappa shape index (κ3) is 4.56. The number of para-hydroxylation sites is 1. The van der Waals surface area contributed by atoms with Gasteiger partial charge in [-0.15, -0.1) is 0 Å². The molecular formula is C15H18ClN3O3. The number of carbonyl (C=O) groups excluding carboxylic acids is 1. The summed E-state index contributed by atoms with van der Waals surface area (Å²) in [4.78, 5) is 12.0. The number of aromatic nitrogens is 2. The van der Waals surface area contributed by atoms with E-state index in [1.807, 2.05) is 18.2 Å². The Balaban J connectivity index is 1.86. The number of benzene rings is 1. The molecule has 0 radical (unpaired) electrons. The van der Waals surface area contributed by atoms with Crippen LogP contribution in [0.15, 0.2) is 36.7 Å². The van der Waals surface area contributed by atoms with E-state index in [4.69, 9.17) is 21.4 Å². The van der Waals surface area contributed by atoms with Gasteiger partial charge in [0.25, 0.3) is 5.91 Å². The molecule has 6 nitrogen and oxygen atoms in total. The van der Waals surface area contributed by atoms with Crippen molar-refractivity contribution in [2.24, 2.45) is 0 Å². The Morgan fingerprint density at radius 1 is 1.36 bits per heavy atom. The number of nitrogens with one attached hydrogen (secondary N) is 1. The fourth-order valence-corrected chi connectivity index (χ4v) is 2.08. The molecule has 0 saturated heterocycles. The Morgan fingerprint density at radius 3 is 2.95 bits per heavy atom. The smallest absolute Gasteiger partial charge is 0.254 e. The normalized spacial score (nSPS) is 10.6. The monoisotopic (exact) mass is 323 g/mol. The van der Waals surface area contributed by atoms with E-state index >= 15 is 0 Å². The first-order valence-electron chi connectivity index (χ1n) is 6.98. The SMILES string of the molecule is O=C(NCCCOCCO)c1cnn(-c2ccccc2Cl)c1. The summed E-state index contributed by atoms with van der Waals surface area (Å²) in [6.45, 7) is 1.33. The molecule has 0 aliphatic rings. The third-order valence-electron chi connectivity index (χ3n) is 2.93. The van der Waals surface area contributed by atoms with Crippen molar-refractivity contribution < 1.29 is 14.6 Å². The fraction of sp³-hybridized carbons (Fsp3) is 0.333. The van der Waals surface area contributed by atoms with Crippen molar-refractivity contribution in [2.45, 2.75) is 6.42 Å². The Bertz CT molecular complexity index is 616. The Labute approximate surface area is 133 Å². The van der Waals surface area contributed by atoms with E-state index < -0.39 is 0 Å². The number of rotatable bonds is 8. The van der Waals surface area contributed by atoms with Gasteiger partial charge >= 0.3 is 0 Å². The van der Waals surface area contributed by atoms with Crippen molar-refractivity contribution in [2.75, 3.05) is 26.4 Å². The molecule has 1 aromatic carbocycles. The lowest BCUT2D eigenvalue weighted by molar-refractivity contribution is 0.0867. The standard InChI is InChI=1S/C15H18ClN3O3/c16-13-4-1-2-5-14(13)19-11-12(10-18-19)15(21)17-6-3-8-22-9-7-20/h1-2,4-5,10-11,20H,3,6-9H2,(H,17,21). The Hall–Kier alpha value is -1.89. The maximum Gasteiger partial charge on any atom is 0.254 e. The molecule has 0 saturated carbocycles. The van der Waals surface area contributed by atoms with Crippen LogP contribution in [-0.4, -0.2) is 47.2 Å². The summed E-state index contributed by atoms with van der Waals surface area (Å²) < 4.78 is 6.68. The highest BCUT2D eigenvalue weighted by Crippen LogP contribution is 2.19. The lowest BCUT2D eigenvalue weighted by Crippen LogP contribution is -2.25. The number of hydrogen-bond acceptors (Lipinski definition) is 4. The molecule has 2 rings (SSSR count). The topological polar surface area (TPSA) is 76.4 Å². The Kier molecular flexibility index (Phi) is 6.39. The van der Waals surface area contributed by atoms with E-state index in [0.717, 1.165) is 5.69 Å². The van der Waals surface area contributed by atoms with Gasteiger partial charge in [-0.05, 0) is 18.6 Å². The molecule has 0 unspecified atom stereocenters. The molecule has 2 aromatic rings. The fourth-order valence-electron chi connectivity index (χ4n) is 1.85. The van der Waals surface area contributed by atoms with E-state index in [0.29, 0.717) is 36.8 Å². The van der Waals surface area contributed by atoms with Crippen molar-refractivity contribution >= 4 is 17.5 Å². The predicted octanol–water partition coefficient (Wildman–Crippen LogP) is 1.65. The highest BCUT2D eigenvalue weighted by atomic mass is 35.5. The molecule has 1 amide bonds. The van der Waals surface area contributed by atoms with Gasteiger partial charge in [0.2, 0.25) is 0 Å². The highest BCUT2D eigenvalue weighted by molar-refractivity contribution is 6.32. The molecule has 0 atom stereocenters. The van der Waals surface area contributed by atoms with Gasteiger partial charge in [-0.3, -0.25) is 4.79 Å². The summed E-state index contributed by atoms with van der Waals surface area (Å²) >= 11 is 6.10. The van der Waals surface area contributed by atoms with Gasteiger partial charge in [-0.25, -0.2) is 4.68 Å². The van der Waals surface area contributed by atoms with Crippen LogP contribution in [0.1, 0.15) is 16.8 Å². The second-order valence-corrected chi connectivity index (χ2v) is 4.98.